The van der Waals surface area contributed by atoms with Crippen LogP contribution >= 0.6 is 0 Å². The Kier molecular flexibility index (Phi) is 6.60. The van der Waals surface area contributed by atoms with Crippen LogP contribution in [-0.4, -0.2) is 4.57 Å². The SMILES string of the molecule is CC1(C)c2cc(-c3ccc4c(c3)c3ccccc3n4-c3ccccc3)ccc2-c2ccc(N(c3ccccc3)c3ccc4c(c3)oc3ccccc34)cc21. The highest BCUT2D eigenvalue weighted by Gasteiger charge is 2.36. The second kappa shape index (κ2) is 11.6. The standard InChI is InChI=1S/C51H36N2O/c1-51(2)45-30-34(33-22-28-48-44(29-33)41-17-9-11-19-47(41)53(48)36-15-7-4-8-16-36)21-25-39(45)40-26-23-37(31-46(40)51)52(35-13-5-3-6-14-35)38-24-27-43-42-18-10-12-20-49(42)54-50(43)32-38/h3-32H,1-2H3. The van der Waals surface area contributed by atoms with Gasteiger partial charge in [-0.15, -0.1) is 0 Å². The van der Waals surface area contributed by atoms with E-state index < -0.39 is 0 Å². The predicted octanol–water partition coefficient (Wildman–Crippen LogP) is 14.1. The van der Waals surface area contributed by atoms with Gasteiger partial charge in [-0.2, -0.15) is 0 Å². The van der Waals surface area contributed by atoms with Crippen molar-refractivity contribution in [3.05, 3.63) is 193 Å². The molecule has 2 heterocycles. The van der Waals surface area contributed by atoms with Gasteiger partial charge in [-0.3, -0.25) is 0 Å². The zero-order valence-electron chi connectivity index (χ0n) is 30.1. The maximum absolute atomic E-state index is 6.35. The number of para-hydroxylation sites is 4. The Balaban J connectivity index is 1.01. The highest BCUT2D eigenvalue weighted by atomic mass is 16.3. The van der Waals surface area contributed by atoms with E-state index in [9.17, 15) is 0 Å². The summed E-state index contributed by atoms with van der Waals surface area (Å²) in [4.78, 5) is 2.35. The number of aromatic nitrogens is 1. The van der Waals surface area contributed by atoms with Crippen molar-refractivity contribution in [1.82, 2.24) is 4.57 Å². The van der Waals surface area contributed by atoms with Gasteiger partial charge in [0, 0.05) is 55.8 Å². The summed E-state index contributed by atoms with van der Waals surface area (Å²) in [5, 5.41) is 4.80. The molecule has 0 saturated carbocycles. The average Bonchev–Trinajstić information content (AvgIpc) is 3.83. The molecule has 1 aliphatic carbocycles. The summed E-state index contributed by atoms with van der Waals surface area (Å²) in [7, 11) is 0. The molecule has 1 aliphatic rings. The van der Waals surface area contributed by atoms with Crippen LogP contribution in [0.5, 0.6) is 0 Å². The second-order valence-corrected chi connectivity index (χ2v) is 15.0. The predicted molar refractivity (Wildman–Crippen MR) is 226 cm³/mol. The first-order chi connectivity index (χ1) is 26.5. The molecule has 0 amide bonds. The summed E-state index contributed by atoms with van der Waals surface area (Å²) in [6.07, 6.45) is 0. The summed E-state index contributed by atoms with van der Waals surface area (Å²) < 4.78 is 8.73. The van der Waals surface area contributed by atoms with Crippen molar-refractivity contribution in [2.24, 2.45) is 0 Å². The van der Waals surface area contributed by atoms with Crippen molar-refractivity contribution < 1.29 is 4.42 Å². The van der Waals surface area contributed by atoms with Crippen molar-refractivity contribution in [2.45, 2.75) is 19.3 Å². The van der Waals surface area contributed by atoms with Crippen molar-refractivity contribution in [3.8, 4) is 27.9 Å². The molecule has 0 spiro atoms. The van der Waals surface area contributed by atoms with Gasteiger partial charge >= 0.3 is 0 Å². The molecule has 0 radical (unpaired) electrons. The highest BCUT2D eigenvalue weighted by Crippen LogP contribution is 2.52. The zero-order chi connectivity index (χ0) is 36.0. The third kappa shape index (κ3) is 4.55. The van der Waals surface area contributed by atoms with Gasteiger partial charge in [-0.05, 0) is 112 Å². The Hall–Kier alpha value is -6.84. The van der Waals surface area contributed by atoms with Crippen LogP contribution in [0.3, 0.4) is 0 Å². The quantitative estimate of drug-likeness (QED) is 0.179. The highest BCUT2D eigenvalue weighted by molar-refractivity contribution is 6.10. The van der Waals surface area contributed by atoms with Crippen LogP contribution in [0.15, 0.2) is 186 Å². The Bertz CT molecular complexity index is 3080. The van der Waals surface area contributed by atoms with Crippen LogP contribution in [0.2, 0.25) is 0 Å². The average molecular weight is 693 g/mol. The molecule has 0 saturated heterocycles. The van der Waals surface area contributed by atoms with E-state index in [-0.39, 0.29) is 5.41 Å². The van der Waals surface area contributed by atoms with Crippen molar-refractivity contribution in [1.29, 1.82) is 0 Å². The molecule has 3 heteroatoms. The van der Waals surface area contributed by atoms with E-state index in [4.69, 9.17) is 4.42 Å². The van der Waals surface area contributed by atoms with E-state index >= 15 is 0 Å². The third-order valence-electron chi connectivity index (χ3n) is 11.6. The lowest BCUT2D eigenvalue weighted by Crippen LogP contribution is -2.16. The molecule has 0 unspecified atom stereocenters. The molecule has 0 aliphatic heterocycles. The molecule has 3 nitrogen and oxygen atoms in total. The maximum atomic E-state index is 6.35. The van der Waals surface area contributed by atoms with E-state index in [0.29, 0.717) is 0 Å². The number of nitrogens with zero attached hydrogens (tertiary/aromatic N) is 2. The minimum atomic E-state index is -0.199. The fraction of sp³-hybridized carbons (Fsp3) is 0.0588. The minimum Gasteiger partial charge on any atom is -0.456 e. The first-order valence-corrected chi connectivity index (χ1v) is 18.7. The first-order valence-electron chi connectivity index (χ1n) is 18.7. The molecule has 54 heavy (non-hydrogen) atoms. The van der Waals surface area contributed by atoms with Gasteiger partial charge in [0.25, 0.3) is 0 Å². The van der Waals surface area contributed by atoms with Gasteiger partial charge in [0.05, 0.1) is 11.0 Å². The molecule has 0 atom stereocenters. The third-order valence-corrected chi connectivity index (χ3v) is 11.6. The number of rotatable bonds is 5. The molecule has 0 bridgehead atoms. The zero-order valence-corrected chi connectivity index (χ0v) is 30.1. The largest absolute Gasteiger partial charge is 0.456 e. The number of furan rings is 1. The smallest absolute Gasteiger partial charge is 0.137 e. The Morgan fingerprint density at radius 2 is 1.02 bits per heavy atom. The summed E-state index contributed by atoms with van der Waals surface area (Å²) in [5.41, 5.74) is 16.3. The van der Waals surface area contributed by atoms with Crippen molar-refractivity contribution in [2.75, 3.05) is 4.90 Å². The lowest BCUT2D eigenvalue weighted by Gasteiger charge is -2.28. The van der Waals surface area contributed by atoms with E-state index in [1.165, 1.54) is 60.9 Å². The van der Waals surface area contributed by atoms with E-state index in [1.54, 1.807) is 0 Å². The molecular formula is C51H36N2O. The fourth-order valence-electron chi connectivity index (χ4n) is 8.93. The van der Waals surface area contributed by atoms with Crippen LogP contribution in [-0.2, 0) is 5.41 Å². The molecular weight excluding hydrogens is 657 g/mol. The van der Waals surface area contributed by atoms with Gasteiger partial charge in [0.1, 0.15) is 11.2 Å². The van der Waals surface area contributed by atoms with E-state index in [2.05, 4.69) is 193 Å². The topological polar surface area (TPSA) is 21.3 Å². The lowest BCUT2D eigenvalue weighted by atomic mass is 9.81. The summed E-state index contributed by atoms with van der Waals surface area (Å²) in [6.45, 7) is 4.74. The van der Waals surface area contributed by atoms with Gasteiger partial charge in [0.2, 0.25) is 0 Å². The molecule has 10 aromatic rings. The van der Waals surface area contributed by atoms with Gasteiger partial charge < -0.3 is 13.9 Å². The molecule has 256 valence electrons. The van der Waals surface area contributed by atoms with E-state index in [1.807, 2.05) is 12.1 Å². The van der Waals surface area contributed by atoms with E-state index in [0.717, 1.165) is 39.0 Å². The normalized spacial score (nSPS) is 13.1. The monoisotopic (exact) mass is 692 g/mol. The number of fused-ring (bicyclic) bond motifs is 9. The molecule has 11 rings (SSSR count). The molecule has 0 fully saturated rings. The summed E-state index contributed by atoms with van der Waals surface area (Å²) >= 11 is 0. The lowest BCUT2D eigenvalue weighted by molar-refractivity contribution is 0.660. The van der Waals surface area contributed by atoms with Crippen LogP contribution < -0.4 is 4.90 Å². The van der Waals surface area contributed by atoms with Gasteiger partial charge in [0.15, 0.2) is 0 Å². The van der Waals surface area contributed by atoms with Crippen LogP contribution in [0, 0.1) is 0 Å². The van der Waals surface area contributed by atoms with Gasteiger partial charge in [-0.25, -0.2) is 0 Å². The Morgan fingerprint density at radius 3 is 1.85 bits per heavy atom. The number of hydrogen-bond donors (Lipinski definition) is 0. The number of hydrogen-bond acceptors (Lipinski definition) is 2. The van der Waals surface area contributed by atoms with Crippen molar-refractivity contribution in [3.63, 3.8) is 0 Å². The van der Waals surface area contributed by atoms with Crippen LogP contribution in [0.4, 0.5) is 17.1 Å². The first kappa shape index (κ1) is 30.8. The summed E-state index contributed by atoms with van der Waals surface area (Å²) in [5.74, 6) is 0. The number of benzene rings is 8. The minimum absolute atomic E-state index is 0.199. The fourth-order valence-corrected chi connectivity index (χ4v) is 8.93. The Morgan fingerprint density at radius 1 is 0.426 bits per heavy atom. The van der Waals surface area contributed by atoms with Crippen molar-refractivity contribution >= 4 is 60.8 Å². The van der Waals surface area contributed by atoms with Crippen LogP contribution in [0.1, 0.15) is 25.0 Å². The number of anilines is 3. The Labute approximate surface area is 314 Å². The molecule has 0 N–H and O–H groups in total. The maximum Gasteiger partial charge on any atom is 0.137 e. The molecule has 8 aromatic carbocycles. The van der Waals surface area contributed by atoms with Gasteiger partial charge in [-0.1, -0.05) is 111 Å². The molecule has 2 aromatic heterocycles. The second-order valence-electron chi connectivity index (χ2n) is 15.0. The summed E-state index contributed by atoms with van der Waals surface area (Å²) in [6, 6.07) is 65.9. The van der Waals surface area contributed by atoms with Crippen LogP contribution in [0.25, 0.3) is 71.7 Å².